The maximum Gasteiger partial charge on any atom is 0.158 e. The van der Waals surface area contributed by atoms with Crippen LogP contribution in [0.1, 0.15) is 26.0 Å². The number of fused-ring (bicyclic) bond motifs is 1. The number of sulfone groups is 1. The molecule has 40 heavy (non-hydrogen) atoms. The summed E-state index contributed by atoms with van der Waals surface area (Å²) in [6.45, 7) is 6.68. The molecule has 1 aliphatic heterocycles. The minimum absolute atomic E-state index is 0.00199. The Kier molecular flexibility index (Phi) is 7.65. The van der Waals surface area contributed by atoms with Gasteiger partial charge < -0.3 is 20.1 Å². The Balaban J connectivity index is 1.59. The first-order chi connectivity index (χ1) is 19.1. The molecule has 5 heterocycles. The summed E-state index contributed by atoms with van der Waals surface area (Å²) in [4.78, 5) is 16.1. The van der Waals surface area contributed by atoms with E-state index in [2.05, 4.69) is 20.3 Å². The molecule has 4 aromatic heterocycles. The van der Waals surface area contributed by atoms with Crippen molar-refractivity contribution >= 4 is 32.2 Å². The zero-order valence-electron chi connectivity index (χ0n) is 23.4. The quantitative estimate of drug-likeness (QED) is 0.295. The molecule has 0 saturated carbocycles. The fourth-order valence-corrected chi connectivity index (χ4v) is 6.39. The lowest BCUT2D eigenvalue weighted by atomic mass is 9.91. The highest BCUT2D eigenvalue weighted by molar-refractivity contribution is 7.90. The van der Waals surface area contributed by atoms with Gasteiger partial charge in [0.25, 0.3) is 0 Å². The number of nitrogens with zero attached hydrogens (tertiary/aromatic N) is 6. The number of hydrogen-bond acceptors (Lipinski definition) is 10. The first-order valence-electron chi connectivity index (χ1n) is 13.3. The van der Waals surface area contributed by atoms with Crippen molar-refractivity contribution in [3.63, 3.8) is 0 Å². The molecule has 0 unspecified atom stereocenters. The van der Waals surface area contributed by atoms with Crippen LogP contribution in [-0.4, -0.2) is 82.6 Å². The van der Waals surface area contributed by atoms with Crippen molar-refractivity contribution in [3.05, 3.63) is 48.5 Å². The monoisotopic (exact) mass is 565 g/mol. The summed E-state index contributed by atoms with van der Waals surface area (Å²) in [6, 6.07) is 7.75. The van der Waals surface area contributed by atoms with Gasteiger partial charge in [-0.1, -0.05) is 0 Å². The predicted octanol–water partition coefficient (Wildman–Crippen LogP) is 3.25. The van der Waals surface area contributed by atoms with E-state index in [1.165, 1.54) is 6.26 Å². The predicted molar refractivity (Wildman–Crippen MR) is 156 cm³/mol. The molecule has 1 aliphatic rings. The number of aromatic nitrogens is 5. The van der Waals surface area contributed by atoms with Crippen molar-refractivity contribution < 1.29 is 18.3 Å². The third-order valence-corrected chi connectivity index (χ3v) is 8.49. The molecule has 12 heteroatoms. The number of methoxy groups -OCH3 is 1. The van der Waals surface area contributed by atoms with Gasteiger partial charge in [-0.2, -0.15) is 5.10 Å². The molecule has 0 aromatic carbocycles. The molecule has 0 aliphatic carbocycles. The molecule has 0 radical (unpaired) electrons. The number of ether oxygens (including phenoxy) is 1. The van der Waals surface area contributed by atoms with Gasteiger partial charge in [-0.15, -0.1) is 0 Å². The van der Waals surface area contributed by atoms with Crippen LogP contribution in [0.2, 0.25) is 0 Å². The Morgan fingerprint density at radius 3 is 2.73 bits per heavy atom. The number of hydrogen-bond donors (Lipinski definition) is 2. The smallest absolute Gasteiger partial charge is 0.158 e. The summed E-state index contributed by atoms with van der Waals surface area (Å²) in [5.41, 5.74) is 4.05. The Hall–Kier alpha value is -3.77. The van der Waals surface area contributed by atoms with Gasteiger partial charge in [0.1, 0.15) is 21.4 Å². The minimum Gasteiger partial charge on any atom is -0.496 e. The number of pyridine rings is 3. The van der Waals surface area contributed by atoms with Crippen molar-refractivity contribution in [1.29, 1.82) is 0 Å². The first kappa shape index (κ1) is 27.8. The lowest BCUT2D eigenvalue weighted by molar-refractivity contribution is 0.282. The van der Waals surface area contributed by atoms with Crippen molar-refractivity contribution in [1.82, 2.24) is 24.7 Å². The Bertz CT molecular complexity index is 1640. The largest absolute Gasteiger partial charge is 0.496 e. The second kappa shape index (κ2) is 11.0. The number of anilines is 2. The van der Waals surface area contributed by atoms with Gasteiger partial charge in [0, 0.05) is 78.7 Å². The molecule has 0 spiro atoms. The molecule has 0 bridgehead atoms. The van der Waals surface area contributed by atoms with Crippen LogP contribution in [0.15, 0.2) is 42.9 Å². The molecule has 2 N–H and O–H groups in total. The Morgan fingerprint density at radius 2 is 2.02 bits per heavy atom. The van der Waals surface area contributed by atoms with Gasteiger partial charge in [0.2, 0.25) is 0 Å². The fraction of sp³-hybridized carbons (Fsp3) is 0.429. The normalized spacial score (nSPS) is 18.0. The van der Waals surface area contributed by atoms with Crippen molar-refractivity contribution in [2.45, 2.75) is 39.3 Å². The molecule has 212 valence electrons. The van der Waals surface area contributed by atoms with Gasteiger partial charge in [-0.3, -0.25) is 9.97 Å². The van der Waals surface area contributed by atoms with Gasteiger partial charge in [-0.05, 0) is 39.3 Å². The number of nitrogens with one attached hydrogen (secondary N) is 1. The van der Waals surface area contributed by atoms with E-state index in [0.29, 0.717) is 36.0 Å². The van der Waals surface area contributed by atoms with Crippen LogP contribution < -0.4 is 15.0 Å². The lowest BCUT2D eigenvalue weighted by Crippen LogP contribution is -2.57. The molecule has 5 rings (SSSR count). The van der Waals surface area contributed by atoms with E-state index in [4.69, 9.17) is 14.7 Å². The van der Waals surface area contributed by atoms with Crippen LogP contribution >= 0.6 is 0 Å². The number of aliphatic hydroxyl groups is 1. The first-order valence-corrected chi connectivity index (χ1v) is 15.3. The maximum absolute atomic E-state index is 11.9. The molecule has 1 saturated heterocycles. The fourth-order valence-electron chi connectivity index (χ4n) is 5.23. The van der Waals surface area contributed by atoms with E-state index < -0.39 is 9.84 Å². The molecule has 0 amide bonds. The number of rotatable bonds is 10. The number of aliphatic hydroxyl groups excluding tert-OH is 1. The van der Waals surface area contributed by atoms with Crippen molar-refractivity contribution in [2.24, 2.45) is 5.92 Å². The van der Waals surface area contributed by atoms with E-state index in [-0.39, 0.29) is 30.4 Å². The molecule has 1 fully saturated rings. The topological polar surface area (TPSA) is 135 Å². The number of aryl methyl sites for hydroxylation is 1. The van der Waals surface area contributed by atoms with E-state index in [1.54, 1.807) is 36.4 Å². The highest BCUT2D eigenvalue weighted by atomic mass is 32.2. The van der Waals surface area contributed by atoms with Crippen LogP contribution in [0.3, 0.4) is 0 Å². The van der Waals surface area contributed by atoms with Gasteiger partial charge in [-0.25, -0.2) is 18.1 Å². The molecular formula is C28H35N7O4S. The highest BCUT2D eigenvalue weighted by Crippen LogP contribution is 2.35. The van der Waals surface area contributed by atoms with E-state index in [9.17, 15) is 13.5 Å². The van der Waals surface area contributed by atoms with E-state index >= 15 is 0 Å². The Labute approximate surface area is 234 Å². The molecular weight excluding hydrogens is 530 g/mol. The average Bonchev–Trinajstić information content (AvgIpc) is 3.34. The van der Waals surface area contributed by atoms with Gasteiger partial charge in [0.15, 0.2) is 5.82 Å². The lowest BCUT2D eigenvalue weighted by Gasteiger charge is -2.48. The summed E-state index contributed by atoms with van der Waals surface area (Å²) in [5, 5.41) is 18.4. The molecule has 3 atom stereocenters. The third-order valence-electron chi connectivity index (χ3n) is 7.46. The highest BCUT2D eigenvalue weighted by Gasteiger charge is 2.38. The summed E-state index contributed by atoms with van der Waals surface area (Å²) < 4.78 is 31.1. The third kappa shape index (κ3) is 5.59. The summed E-state index contributed by atoms with van der Waals surface area (Å²) in [5.74, 6) is 2.16. The second-order valence-corrected chi connectivity index (χ2v) is 12.7. The van der Waals surface area contributed by atoms with Crippen LogP contribution in [-0.2, 0) is 9.84 Å². The van der Waals surface area contributed by atoms with Crippen LogP contribution in [0, 0.1) is 12.8 Å². The van der Waals surface area contributed by atoms with Crippen LogP contribution in [0.5, 0.6) is 5.75 Å². The zero-order chi connectivity index (χ0) is 28.6. The van der Waals surface area contributed by atoms with Crippen molar-refractivity contribution in [2.75, 3.05) is 42.5 Å². The Morgan fingerprint density at radius 1 is 1.23 bits per heavy atom. The van der Waals surface area contributed by atoms with Crippen LogP contribution in [0.25, 0.3) is 28.0 Å². The standard InChI is InChI=1S/C28H35N7O4S/c1-17(7-9-36)31-27-10-21(34-15-20(19(34)3)16-40(5,37)38)11-28(33-27)35-25-12-24(32-18(2)22(25)14-30-35)23-13-29-8-6-26(23)39-4/h6,8,10-14,17,19-20,36H,7,9,15-16H2,1-5H3,(H,31,33)/t17-,19+,20+/m0/s1. The maximum atomic E-state index is 11.9. The van der Waals surface area contributed by atoms with E-state index in [1.807, 2.05) is 39.0 Å². The van der Waals surface area contributed by atoms with Crippen LogP contribution in [0.4, 0.5) is 11.5 Å². The van der Waals surface area contributed by atoms with E-state index in [0.717, 1.165) is 27.8 Å². The SMILES string of the molecule is COc1ccncc1-c1cc2c(cnn2-c2cc(N3C[C@H](CS(C)(=O)=O)[C@H]3C)cc(N[C@@H](C)CCO)n2)c(C)n1. The summed E-state index contributed by atoms with van der Waals surface area (Å²) in [6.07, 6.45) is 7.05. The van der Waals surface area contributed by atoms with Gasteiger partial charge in [0.05, 0.1) is 35.8 Å². The molecule has 11 nitrogen and oxygen atoms in total. The zero-order valence-corrected chi connectivity index (χ0v) is 24.2. The second-order valence-electron chi connectivity index (χ2n) is 10.5. The van der Waals surface area contributed by atoms with Gasteiger partial charge >= 0.3 is 0 Å². The summed E-state index contributed by atoms with van der Waals surface area (Å²) >= 11 is 0. The van der Waals surface area contributed by atoms with Crippen molar-refractivity contribution in [3.8, 4) is 22.8 Å². The minimum atomic E-state index is -3.07. The molecule has 4 aromatic rings. The summed E-state index contributed by atoms with van der Waals surface area (Å²) in [7, 11) is -1.45. The average molecular weight is 566 g/mol.